The molecule has 1 aromatic heterocycles. The molecule has 0 unspecified atom stereocenters. The summed E-state index contributed by atoms with van der Waals surface area (Å²) in [5.41, 5.74) is 0.968. The number of hydrogen-bond acceptors (Lipinski definition) is 5. The first kappa shape index (κ1) is 15.6. The van der Waals surface area contributed by atoms with Gasteiger partial charge in [-0.1, -0.05) is 12.1 Å². The van der Waals surface area contributed by atoms with Crippen molar-refractivity contribution in [3.63, 3.8) is 0 Å². The maximum absolute atomic E-state index is 12.2. The summed E-state index contributed by atoms with van der Waals surface area (Å²) >= 11 is 0. The summed E-state index contributed by atoms with van der Waals surface area (Å²) in [7, 11) is 0. The second-order valence-electron chi connectivity index (χ2n) is 6.76. The Morgan fingerprint density at radius 3 is 2.87 bits per heavy atom. The normalized spacial score (nSPS) is 18.9. The number of rotatable bonds is 2. The molecule has 6 heteroatoms. The fourth-order valence-corrected chi connectivity index (χ4v) is 2.57. The van der Waals surface area contributed by atoms with Gasteiger partial charge in [0, 0.05) is 6.54 Å². The van der Waals surface area contributed by atoms with E-state index in [1.165, 1.54) is 0 Å². The Bertz CT molecular complexity index is 656. The SMILES string of the molecule is CC(C)(C)OC(=O)N1CCC[C@H](Oc2nc3ccccc3o2)C1. The van der Waals surface area contributed by atoms with Crippen LogP contribution in [-0.4, -0.2) is 40.8 Å². The van der Waals surface area contributed by atoms with Crippen LogP contribution in [0.1, 0.15) is 33.6 Å². The molecule has 2 aromatic rings. The largest absolute Gasteiger partial charge is 0.445 e. The van der Waals surface area contributed by atoms with Crippen molar-refractivity contribution in [2.75, 3.05) is 13.1 Å². The number of oxazole rings is 1. The highest BCUT2D eigenvalue weighted by molar-refractivity contribution is 5.72. The molecule has 0 spiro atoms. The molecular formula is C17H22N2O4. The van der Waals surface area contributed by atoms with Gasteiger partial charge in [0.05, 0.1) is 6.54 Å². The number of hydrogen-bond donors (Lipinski definition) is 0. The lowest BCUT2D eigenvalue weighted by Gasteiger charge is -2.33. The van der Waals surface area contributed by atoms with Crippen molar-refractivity contribution in [2.45, 2.75) is 45.3 Å². The van der Waals surface area contributed by atoms with E-state index in [4.69, 9.17) is 13.9 Å². The monoisotopic (exact) mass is 318 g/mol. The van der Waals surface area contributed by atoms with E-state index in [1.807, 2.05) is 45.0 Å². The average molecular weight is 318 g/mol. The van der Waals surface area contributed by atoms with Gasteiger partial charge in [0.1, 0.15) is 17.2 Å². The molecule has 6 nitrogen and oxygen atoms in total. The lowest BCUT2D eigenvalue weighted by molar-refractivity contribution is 0.00411. The topological polar surface area (TPSA) is 64.8 Å². The first-order valence-corrected chi connectivity index (χ1v) is 7.91. The van der Waals surface area contributed by atoms with Crippen LogP contribution in [0.5, 0.6) is 6.08 Å². The molecule has 0 bridgehead atoms. The summed E-state index contributed by atoms with van der Waals surface area (Å²) in [6.45, 7) is 6.75. The minimum Gasteiger partial charge on any atom is -0.445 e. The van der Waals surface area contributed by atoms with Crippen molar-refractivity contribution in [1.29, 1.82) is 0 Å². The Balaban J connectivity index is 1.63. The molecule has 1 atom stereocenters. The van der Waals surface area contributed by atoms with Crippen molar-refractivity contribution in [3.8, 4) is 6.08 Å². The van der Waals surface area contributed by atoms with E-state index >= 15 is 0 Å². The molecular weight excluding hydrogens is 296 g/mol. The van der Waals surface area contributed by atoms with Crippen LogP contribution in [0.15, 0.2) is 28.7 Å². The lowest BCUT2D eigenvalue weighted by Crippen LogP contribution is -2.46. The van der Waals surface area contributed by atoms with Gasteiger partial charge in [0.15, 0.2) is 5.58 Å². The molecule has 124 valence electrons. The summed E-state index contributed by atoms with van der Waals surface area (Å²) < 4.78 is 16.8. The van der Waals surface area contributed by atoms with Crippen molar-refractivity contribution in [3.05, 3.63) is 24.3 Å². The highest BCUT2D eigenvalue weighted by Gasteiger charge is 2.29. The second-order valence-corrected chi connectivity index (χ2v) is 6.76. The predicted molar refractivity (Wildman–Crippen MR) is 85.5 cm³/mol. The van der Waals surface area contributed by atoms with Gasteiger partial charge in [-0.2, -0.15) is 4.98 Å². The molecule has 3 rings (SSSR count). The van der Waals surface area contributed by atoms with Crippen LogP contribution >= 0.6 is 0 Å². The number of amides is 1. The number of likely N-dealkylation sites (tertiary alicyclic amines) is 1. The van der Waals surface area contributed by atoms with Crippen molar-refractivity contribution in [2.24, 2.45) is 0 Å². The quantitative estimate of drug-likeness (QED) is 0.846. The molecule has 1 amide bonds. The van der Waals surface area contributed by atoms with Gasteiger partial charge in [-0.05, 0) is 45.7 Å². The third kappa shape index (κ3) is 3.94. The second kappa shape index (κ2) is 6.10. The summed E-state index contributed by atoms with van der Waals surface area (Å²) in [4.78, 5) is 18.2. The van der Waals surface area contributed by atoms with Crippen LogP contribution in [0.2, 0.25) is 0 Å². The van der Waals surface area contributed by atoms with Gasteiger partial charge in [-0.15, -0.1) is 0 Å². The zero-order valence-corrected chi connectivity index (χ0v) is 13.7. The standard InChI is InChI=1S/C17H22N2O4/c1-17(2,3)23-16(20)19-10-6-7-12(11-19)21-15-18-13-8-4-5-9-14(13)22-15/h4-5,8-9,12H,6-7,10-11H2,1-3H3/t12-/m0/s1. The van der Waals surface area contributed by atoms with E-state index in [0.29, 0.717) is 18.7 Å². The van der Waals surface area contributed by atoms with E-state index in [0.717, 1.165) is 18.4 Å². The number of fused-ring (bicyclic) bond motifs is 1. The molecule has 0 aliphatic carbocycles. The van der Waals surface area contributed by atoms with Gasteiger partial charge < -0.3 is 18.8 Å². The number of nitrogens with zero attached hydrogens (tertiary/aromatic N) is 2. The number of piperidine rings is 1. The Kier molecular flexibility index (Phi) is 4.15. The maximum atomic E-state index is 12.2. The third-order valence-electron chi connectivity index (χ3n) is 3.57. The summed E-state index contributed by atoms with van der Waals surface area (Å²) in [5, 5.41) is 0. The molecule has 1 saturated heterocycles. The Labute approximate surface area is 135 Å². The summed E-state index contributed by atoms with van der Waals surface area (Å²) in [6.07, 6.45) is 1.54. The molecule has 1 aromatic carbocycles. The zero-order chi connectivity index (χ0) is 16.4. The van der Waals surface area contributed by atoms with Gasteiger partial charge in [-0.25, -0.2) is 4.79 Å². The molecule has 2 heterocycles. The van der Waals surface area contributed by atoms with Gasteiger partial charge in [0.25, 0.3) is 0 Å². The van der Waals surface area contributed by atoms with Gasteiger partial charge >= 0.3 is 12.2 Å². The number of para-hydroxylation sites is 2. The highest BCUT2D eigenvalue weighted by Crippen LogP contribution is 2.23. The Morgan fingerprint density at radius 1 is 1.35 bits per heavy atom. The van der Waals surface area contributed by atoms with Crippen LogP contribution in [0.25, 0.3) is 11.1 Å². The number of carbonyl (C=O) groups is 1. The molecule has 0 radical (unpaired) electrons. The van der Waals surface area contributed by atoms with E-state index in [9.17, 15) is 4.79 Å². The predicted octanol–water partition coefficient (Wildman–Crippen LogP) is 3.61. The van der Waals surface area contributed by atoms with Crippen molar-refractivity contribution >= 4 is 17.2 Å². The third-order valence-corrected chi connectivity index (χ3v) is 3.57. The summed E-state index contributed by atoms with van der Waals surface area (Å²) in [6, 6.07) is 7.52. The average Bonchev–Trinajstić information content (AvgIpc) is 2.88. The van der Waals surface area contributed by atoms with Crippen molar-refractivity contribution < 1.29 is 18.7 Å². The van der Waals surface area contributed by atoms with E-state index in [2.05, 4.69) is 4.98 Å². The zero-order valence-electron chi connectivity index (χ0n) is 13.7. The molecule has 1 aliphatic rings. The smallest absolute Gasteiger partial charge is 0.410 e. The molecule has 0 saturated carbocycles. The van der Waals surface area contributed by atoms with Crippen LogP contribution in [-0.2, 0) is 4.74 Å². The first-order chi connectivity index (χ1) is 10.9. The van der Waals surface area contributed by atoms with Crippen LogP contribution in [0.3, 0.4) is 0 Å². The maximum Gasteiger partial charge on any atom is 0.410 e. The lowest BCUT2D eigenvalue weighted by atomic mass is 10.1. The van der Waals surface area contributed by atoms with E-state index in [-0.39, 0.29) is 18.3 Å². The molecule has 0 N–H and O–H groups in total. The number of aromatic nitrogens is 1. The molecule has 1 aliphatic heterocycles. The minimum atomic E-state index is -0.495. The molecule has 23 heavy (non-hydrogen) atoms. The fraction of sp³-hybridized carbons (Fsp3) is 0.529. The number of benzene rings is 1. The van der Waals surface area contributed by atoms with Crippen LogP contribution in [0.4, 0.5) is 4.79 Å². The first-order valence-electron chi connectivity index (χ1n) is 7.91. The summed E-state index contributed by atoms with van der Waals surface area (Å²) in [5.74, 6) is 0. The highest BCUT2D eigenvalue weighted by atomic mass is 16.6. The number of ether oxygens (including phenoxy) is 2. The van der Waals surface area contributed by atoms with Crippen LogP contribution < -0.4 is 4.74 Å². The number of carbonyl (C=O) groups excluding carboxylic acids is 1. The van der Waals surface area contributed by atoms with E-state index in [1.54, 1.807) is 4.90 Å². The Morgan fingerprint density at radius 2 is 2.13 bits per heavy atom. The Hall–Kier alpha value is -2.24. The van der Waals surface area contributed by atoms with Gasteiger partial charge in [0.2, 0.25) is 0 Å². The minimum absolute atomic E-state index is 0.135. The van der Waals surface area contributed by atoms with Crippen LogP contribution in [0, 0.1) is 0 Å². The van der Waals surface area contributed by atoms with E-state index < -0.39 is 5.60 Å². The van der Waals surface area contributed by atoms with Gasteiger partial charge in [-0.3, -0.25) is 0 Å². The molecule has 1 fully saturated rings. The van der Waals surface area contributed by atoms with Crippen molar-refractivity contribution in [1.82, 2.24) is 9.88 Å². The fourth-order valence-electron chi connectivity index (χ4n) is 2.57.